The third-order valence-corrected chi connectivity index (χ3v) is 5.41. The highest BCUT2D eigenvalue weighted by Crippen LogP contribution is 2.38. The van der Waals surface area contributed by atoms with Crippen molar-refractivity contribution in [3.05, 3.63) is 75.7 Å². The van der Waals surface area contributed by atoms with Crippen LogP contribution in [0.5, 0.6) is 11.5 Å². The fraction of sp³-hybridized carbons (Fsp3) is 0.227. The van der Waals surface area contributed by atoms with Crippen LogP contribution in [0, 0.1) is 12.8 Å². The molecule has 3 N–H and O–H groups in total. The van der Waals surface area contributed by atoms with Crippen LogP contribution in [0.4, 0.5) is 0 Å². The number of nitrogens with one attached hydrogen (secondary N) is 2. The number of hydrogen-bond acceptors (Lipinski definition) is 5. The first-order chi connectivity index (χ1) is 14.4. The van der Waals surface area contributed by atoms with Crippen molar-refractivity contribution in [2.75, 3.05) is 7.11 Å². The number of methoxy groups -OCH3 is 1. The van der Waals surface area contributed by atoms with Gasteiger partial charge >= 0.3 is 0 Å². The number of amides is 1. The number of hydrazone groups is 1. The zero-order chi connectivity index (χ0) is 21.4. The van der Waals surface area contributed by atoms with E-state index in [0.29, 0.717) is 28.2 Å². The summed E-state index contributed by atoms with van der Waals surface area (Å²) in [6.45, 7) is 3.56. The van der Waals surface area contributed by atoms with E-state index in [-0.39, 0.29) is 23.0 Å². The van der Waals surface area contributed by atoms with E-state index in [2.05, 4.69) is 15.6 Å². The van der Waals surface area contributed by atoms with E-state index >= 15 is 0 Å². The Hall–Kier alpha value is -3.81. The Morgan fingerprint density at radius 1 is 1.13 bits per heavy atom. The van der Waals surface area contributed by atoms with E-state index in [1.807, 2.05) is 30.3 Å². The number of phenolic OH excluding ortho intramolecular Hbond substituents is 1. The number of ether oxygens (including phenoxy) is 1. The second kappa shape index (κ2) is 7.55. The predicted molar refractivity (Wildman–Crippen MR) is 112 cm³/mol. The van der Waals surface area contributed by atoms with Gasteiger partial charge in [0.15, 0.2) is 11.5 Å². The Morgan fingerprint density at radius 3 is 2.50 bits per heavy atom. The molecule has 154 valence electrons. The molecule has 4 rings (SSSR count). The molecule has 1 aliphatic rings. The van der Waals surface area contributed by atoms with E-state index in [9.17, 15) is 14.7 Å². The number of aromatic nitrogens is 2. The van der Waals surface area contributed by atoms with Gasteiger partial charge in [0, 0.05) is 22.9 Å². The Balaban J connectivity index is 1.94. The molecule has 1 aliphatic heterocycles. The van der Waals surface area contributed by atoms with Gasteiger partial charge in [-0.2, -0.15) is 5.10 Å². The van der Waals surface area contributed by atoms with Crippen molar-refractivity contribution in [1.82, 2.24) is 15.2 Å². The molecule has 0 aliphatic carbocycles. The monoisotopic (exact) mass is 406 g/mol. The van der Waals surface area contributed by atoms with Crippen molar-refractivity contribution < 1.29 is 14.6 Å². The highest BCUT2D eigenvalue weighted by atomic mass is 16.5. The number of aryl methyl sites for hydroxylation is 1. The van der Waals surface area contributed by atoms with Crippen LogP contribution in [0.15, 0.2) is 58.4 Å². The first-order valence-corrected chi connectivity index (χ1v) is 9.50. The summed E-state index contributed by atoms with van der Waals surface area (Å²) in [5.41, 5.74) is 5.32. The number of aromatic amines is 1. The highest BCUT2D eigenvalue weighted by molar-refractivity contribution is 6.08. The van der Waals surface area contributed by atoms with Crippen LogP contribution in [0.3, 0.4) is 0 Å². The molecule has 2 aromatic carbocycles. The Morgan fingerprint density at radius 2 is 1.87 bits per heavy atom. The summed E-state index contributed by atoms with van der Waals surface area (Å²) in [7, 11) is 1.45. The SMILES string of the molecule is COc1cc(C(c2c(C)[nH]n(-c3ccccc3)c2=O)C2C(=O)NN=C2C)ccc1O. The molecule has 8 heteroatoms. The maximum atomic E-state index is 13.5. The lowest BCUT2D eigenvalue weighted by atomic mass is 9.78. The van der Waals surface area contributed by atoms with Crippen molar-refractivity contribution in [3.8, 4) is 17.2 Å². The van der Waals surface area contributed by atoms with Gasteiger partial charge in [0.25, 0.3) is 5.56 Å². The third-order valence-electron chi connectivity index (χ3n) is 5.41. The van der Waals surface area contributed by atoms with Crippen molar-refractivity contribution >= 4 is 11.6 Å². The Labute approximate surface area is 172 Å². The van der Waals surface area contributed by atoms with Gasteiger partial charge in [0.2, 0.25) is 5.91 Å². The molecule has 0 radical (unpaired) electrons. The second-order valence-corrected chi connectivity index (χ2v) is 7.24. The molecule has 0 saturated heterocycles. The molecule has 1 amide bonds. The number of H-pyrrole nitrogens is 1. The lowest BCUT2D eigenvalue weighted by Gasteiger charge is -2.22. The van der Waals surface area contributed by atoms with Gasteiger partial charge in [0.1, 0.15) is 0 Å². The highest BCUT2D eigenvalue weighted by Gasteiger charge is 2.40. The number of benzene rings is 2. The average molecular weight is 406 g/mol. The van der Waals surface area contributed by atoms with Crippen LogP contribution in [0.2, 0.25) is 0 Å². The van der Waals surface area contributed by atoms with Crippen molar-refractivity contribution in [2.45, 2.75) is 19.8 Å². The Kier molecular flexibility index (Phi) is 4.91. The van der Waals surface area contributed by atoms with Gasteiger partial charge in [-0.25, -0.2) is 10.1 Å². The minimum absolute atomic E-state index is 0.0197. The largest absolute Gasteiger partial charge is 0.504 e. The van der Waals surface area contributed by atoms with E-state index in [4.69, 9.17) is 4.74 Å². The smallest absolute Gasteiger partial charge is 0.275 e. The lowest BCUT2D eigenvalue weighted by molar-refractivity contribution is -0.122. The molecule has 0 bridgehead atoms. The predicted octanol–water partition coefficient (Wildman–Crippen LogP) is 2.44. The maximum absolute atomic E-state index is 13.5. The molecule has 30 heavy (non-hydrogen) atoms. The molecule has 0 fully saturated rings. The molecule has 3 aromatic rings. The van der Waals surface area contributed by atoms with Crippen molar-refractivity contribution in [2.24, 2.45) is 11.0 Å². The Bertz CT molecular complexity index is 1190. The minimum Gasteiger partial charge on any atom is -0.504 e. The van der Waals surface area contributed by atoms with Gasteiger partial charge in [-0.1, -0.05) is 24.3 Å². The standard InChI is InChI=1S/C22H22N4O4/c1-12-18(21(28)24-23-12)20(14-9-10-16(27)17(11-14)30-3)19-13(2)25-26(22(19)29)15-7-5-4-6-8-15/h4-11,18,20,25,27H,1-3H3,(H,24,28). The van der Waals surface area contributed by atoms with Gasteiger partial charge in [-0.05, 0) is 43.7 Å². The summed E-state index contributed by atoms with van der Waals surface area (Å²) >= 11 is 0. The number of para-hydroxylation sites is 1. The zero-order valence-electron chi connectivity index (χ0n) is 16.8. The van der Waals surface area contributed by atoms with E-state index in [0.717, 1.165) is 0 Å². The quantitative estimate of drug-likeness (QED) is 0.605. The van der Waals surface area contributed by atoms with Crippen LogP contribution < -0.4 is 15.7 Å². The molecule has 2 unspecified atom stereocenters. The summed E-state index contributed by atoms with van der Waals surface area (Å²) in [5.74, 6) is -1.31. The van der Waals surface area contributed by atoms with E-state index < -0.39 is 11.8 Å². The molecule has 8 nitrogen and oxygen atoms in total. The number of hydrogen-bond donors (Lipinski definition) is 3. The third kappa shape index (κ3) is 3.16. The molecule has 0 spiro atoms. The zero-order valence-corrected chi connectivity index (χ0v) is 16.8. The number of phenols is 1. The lowest BCUT2D eigenvalue weighted by Crippen LogP contribution is -2.32. The summed E-state index contributed by atoms with van der Waals surface area (Å²) in [6.07, 6.45) is 0. The average Bonchev–Trinajstić information content (AvgIpc) is 3.23. The van der Waals surface area contributed by atoms with Gasteiger partial charge in [-0.3, -0.25) is 14.7 Å². The minimum atomic E-state index is -0.661. The fourth-order valence-corrected chi connectivity index (χ4v) is 3.96. The summed E-state index contributed by atoms with van der Waals surface area (Å²) < 4.78 is 6.72. The molecule has 2 heterocycles. The van der Waals surface area contributed by atoms with Gasteiger partial charge < -0.3 is 9.84 Å². The van der Waals surface area contributed by atoms with Gasteiger partial charge in [-0.15, -0.1) is 0 Å². The van der Waals surface area contributed by atoms with Gasteiger partial charge in [0.05, 0.1) is 18.7 Å². The number of carbonyl (C=O) groups is 1. The normalized spacial score (nSPS) is 16.8. The van der Waals surface area contributed by atoms with Crippen LogP contribution >= 0.6 is 0 Å². The summed E-state index contributed by atoms with van der Waals surface area (Å²) in [4.78, 5) is 26.1. The molecule has 1 aromatic heterocycles. The fourth-order valence-electron chi connectivity index (χ4n) is 3.96. The van der Waals surface area contributed by atoms with Crippen LogP contribution in [0.25, 0.3) is 5.69 Å². The number of aromatic hydroxyl groups is 1. The van der Waals surface area contributed by atoms with Crippen LogP contribution in [-0.2, 0) is 4.79 Å². The number of nitrogens with zero attached hydrogens (tertiary/aromatic N) is 2. The molecule has 0 saturated carbocycles. The van der Waals surface area contributed by atoms with E-state index in [1.165, 1.54) is 17.9 Å². The molecule has 2 atom stereocenters. The number of carbonyl (C=O) groups excluding carboxylic acids is 1. The first-order valence-electron chi connectivity index (χ1n) is 9.50. The van der Waals surface area contributed by atoms with Crippen LogP contribution in [0.1, 0.15) is 29.7 Å². The summed E-state index contributed by atoms with van der Waals surface area (Å²) in [6, 6.07) is 14.1. The number of rotatable bonds is 5. The molecular formula is C22H22N4O4. The molecular weight excluding hydrogens is 384 g/mol. The maximum Gasteiger partial charge on any atom is 0.275 e. The van der Waals surface area contributed by atoms with Crippen LogP contribution in [-0.4, -0.2) is 33.6 Å². The first kappa shape index (κ1) is 19.5. The summed E-state index contributed by atoms with van der Waals surface area (Å²) in [5, 5.41) is 17.2. The van der Waals surface area contributed by atoms with Crippen molar-refractivity contribution in [3.63, 3.8) is 0 Å². The van der Waals surface area contributed by atoms with E-state index in [1.54, 1.807) is 26.0 Å². The second-order valence-electron chi connectivity index (χ2n) is 7.24. The topological polar surface area (TPSA) is 109 Å². The van der Waals surface area contributed by atoms with Crippen molar-refractivity contribution in [1.29, 1.82) is 0 Å².